The van der Waals surface area contributed by atoms with Crippen molar-refractivity contribution < 1.29 is 39.5 Å². The van der Waals surface area contributed by atoms with Gasteiger partial charge in [-0.05, 0) is 32.8 Å². The molecule has 0 saturated heterocycles. The molecule has 192 valence electrons. The monoisotopic (exact) mass is 480 g/mol. The van der Waals surface area contributed by atoms with Crippen LogP contribution in [0, 0.1) is 0 Å². The first-order valence-electron chi connectivity index (χ1n) is 10.3. The fourth-order valence-electron chi connectivity index (χ4n) is 1.02. The predicted molar refractivity (Wildman–Crippen MR) is 136 cm³/mol. The number of aliphatic carboxylic acids is 2. The molecule has 0 aromatic heterocycles. The highest BCUT2D eigenvalue weighted by atomic mass is 16.5. The van der Waals surface area contributed by atoms with Gasteiger partial charge >= 0.3 is 17.9 Å². The lowest BCUT2D eigenvalue weighted by atomic mass is 10.2. The average Bonchev–Trinajstić information content (AvgIpc) is 2.80. The minimum atomic E-state index is -0.935. The molecular weight excluding hydrogens is 440 g/mol. The van der Waals surface area contributed by atoms with Crippen molar-refractivity contribution in [2.45, 2.75) is 40.5 Å². The number of aliphatic hydroxyl groups excluding tert-OH is 2. The second-order valence-corrected chi connectivity index (χ2v) is 6.50. The average molecular weight is 481 g/mol. The molecule has 1 aromatic carbocycles. The van der Waals surface area contributed by atoms with Crippen molar-refractivity contribution in [3.8, 4) is 0 Å². The quantitative estimate of drug-likeness (QED) is 0.242. The fraction of sp³-hybridized carbons (Fsp3) is 0.346. The maximum Gasteiger partial charge on any atom is 0.333 e. The second-order valence-electron chi connectivity index (χ2n) is 6.50. The van der Waals surface area contributed by atoms with E-state index in [0.29, 0.717) is 12.2 Å². The van der Waals surface area contributed by atoms with Crippen molar-refractivity contribution in [1.82, 2.24) is 0 Å². The number of aliphatic hydroxyl groups is 2. The predicted octanol–water partition coefficient (Wildman–Crippen LogP) is 4.50. The number of esters is 1. The molecule has 1 rings (SSSR count). The number of hydrogen-bond donors (Lipinski definition) is 4. The molecule has 34 heavy (non-hydrogen) atoms. The van der Waals surface area contributed by atoms with Gasteiger partial charge < -0.3 is 25.2 Å². The van der Waals surface area contributed by atoms with Gasteiger partial charge in [0.15, 0.2) is 0 Å². The third kappa shape index (κ3) is 35.9. The van der Waals surface area contributed by atoms with Crippen LogP contribution in [-0.4, -0.2) is 58.2 Å². The smallest absolute Gasteiger partial charge is 0.333 e. The normalized spacial score (nSPS) is 8.18. The van der Waals surface area contributed by atoms with Gasteiger partial charge in [0.25, 0.3) is 0 Å². The number of rotatable bonds is 8. The zero-order chi connectivity index (χ0) is 27.5. The SMILES string of the molecule is C=C(C)C(=O)O.C=C(C)C(=O)O.C=C(C)C(=O)OCCCC.C=Cc1ccccc1.OCCO. The van der Waals surface area contributed by atoms with E-state index >= 15 is 0 Å². The number of carboxylic acid groups (broad SMARTS) is 2. The lowest BCUT2D eigenvalue weighted by Gasteiger charge is -2.01. The highest BCUT2D eigenvalue weighted by molar-refractivity contribution is 5.87. The minimum Gasteiger partial charge on any atom is -0.478 e. The highest BCUT2D eigenvalue weighted by Gasteiger charge is 2.00. The zero-order valence-electron chi connectivity index (χ0n) is 20.7. The molecule has 4 N–H and O–H groups in total. The summed E-state index contributed by atoms with van der Waals surface area (Å²) >= 11 is 0. The van der Waals surface area contributed by atoms with Crippen LogP contribution in [0.25, 0.3) is 6.08 Å². The zero-order valence-corrected chi connectivity index (χ0v) is 20.7. The first kappa shape index (κ1) is 37.8. The van der Waals surface area contributed by atoms with E-state index in [9.17, 15) is 14.4 Å². The lowest BCUT2D eigenvalue weighted by molar-refractivity contribution is -0.139. The van der Waals surface area contributed by atoms with Crippen molar-refractivity contribution in [3.63, 3.8) is 0 Å². The summed E-state index contributed by atoms with van der Waals surface area (Å²) in [5.74, 6) is -2.15. The molecule has 0 saturated carbocycles. The van der Waals surface area contributed by atoms with Crippen molar-refractivity contribution >= 4 is 24.0 Å². The van der Waals surface area contributed by atoms with Crippen LogP contribution in [0.2, 0.25) is 0 Å². The van der Waals surface area contributed by atoms with Crippen LogP contribution >= 0.6 is 0 Å². The molecular formula is C26H40O8. The van der Waals surface area contributed by atoms with Gasteiger partial charge in [-0.15, -0.1) is 0 Å². The number of carboxylic acids is 2. The second kappa shape index (κ2) is 27.5. The van der Waals surface area contributed by atoms with E-state index in [-0.39, 0.29) is 30.3 Å². The Balaban J connectivity index is -0.000000171. The molecule has 1 aromatic rings. The summed E-state index contributed by atoms with van der Waals surface area (Å²) in [6.45, 7) is 20.3. The highest BCUT2D eigenvalue weighted by Crippen LogP contribution is 1.97. The van der Waals surface area contributed by atoms with Gasteiger partial charge in [-0.3, -0.25) is 0 Å². The summed E-state index contributed by atoms with van der Waals surface area (Å²) in [4.78, 5) is 29.9. The Bertz CT molecular complexity index is 686. The largest absolute Gasteiger partial charge is 0.478 e. The molecule has 0 amide bonds. The Morgan fingerprint density at radius 1 is 0.853 bits per heavy atom. The first-order chi connectivity index (χ1) is 15.8. The maximum absolute atomic E-state index is 10.7. The van der Waals surface area contributed by atoms with Gasteiger partial charge in [0, 0.05) is 16.7 Å². The lowest BCUT2D eigenvalue weighted by Crippen LogP contribution is -2.05. The summed E-state index contributed by atoms with van der Waals surface area (Å²) in [6.07, 6.45) is 3.81. The van der Waals surface area contributed by atoms with Crippen LogP contribution < -0.4 is 0 Å². The van der Waals surface area contributed by atoms with E-state index in [1.165, 1.54) is 19.4 Å². The maximum atomic E-state index is 10.7. The van der Waals surface area contributed by atoms with Gasteiger partial charge in [0.1, 0.15) is 0 Å². The fourth-order valence-corrected chi connectivity index (χ4v) is 1.02. The van der Waals surface area contributed by atoms with Crippen LogP contribution in [0.15, 0.2) is 73.4 Å². The van der Waals surface area contributed by atoms with Crippen LogP contribution in [0.1, 0.15) is 46.1 Å². The molecule has 0 bridgehead atoms. The standard InChI is InChI=1S/C8H14O2.C8H8.2C4H6O2.C2H6O2/c1-4-5-6-10-8(9)7(2)3;1-2-8-6-4-3-5-7-8;2*1-3(2)4(5)6;3-1-2-4/h2,4-6H2,1,3H3;2-7H,1H2;2*1H2,2H3,(H,5,6);3-4H,1-2H2. The molecule has 0 heterocycles. The Morgan fingerprint density at radius 2 is 1.24 bits per heavy atom. The van der Waals surface area contributed by atoms with E-state index < -0.39 is 11.9 Å². The Kier molecular flexibility index (Phi) is 30.6. The van der Waals surface area contributed by atoms with Crippen molar-refractivity contribution in [1.29, 1.82) is 0 Å². The van der Waals surface area contributed by atoms with E-state index in [1.807, 2.05) is 36.4 Å². The molecule has 0 aliphatic carbocycles. The van der Waals surface area contributed by atoms with Crippen molar-refractivity contribution in [3.05, 3.63) is 78.9 Å². The van der Waals surface area contributed by atoms with Crippen molar-refractivity contribution in [2.75, 3.05) is 19.8 Å². The van der Waals surface area contributed by atoms with Crippen LogP contribution in [0.4, 0.5) is 0 Å². The molecule has 0 radical (unpaired) electrons. The van der Waals surface area contributed by atoms with Gasteiger partial charge in [0.05, 0.1) is 19.8 Å². The number of unbranched alkanes of at least 4 members (excludes halogenated alkanes) is 1. The number of ether oxygens (including phenoxy) is 1. The van der Waals surface area contributed by atoms with Crippen LogP contribution in [0.3, 0.4) is 0 Å². The Hall–Kier alpha value is -3.49. The van der Waals surface area contributed by atoms with Crippen LogP contribution in [0.5, 0.6) is 0 Å². The summed E-state index contributed by atoms with van der Waals surface area (Å²) in [7, 11) is 0. The van der Waals surface area contributed by atoms with Gasteiger partial charge in [-0.2, -0.15) is 0 Å². The van der Waals surface area contributed by atoms with Gasteiger partial charge in [0.2, 0.25) is 0 Å². The van der Waals surface area contributed by atoms with Crippen molar-refractivity contribution in [2.24, 2.45) is 0 Å². The molecule has 8 nitrogen and oxygen atoms in total. The Morgan fingerprint density at radius 3 is 1.44 bits per heavy atom. The van der Waals surface area contributed by atoms with E-state index in [2.05, 4.69) is 33.2 Å². The van der Waals surface area contributed by atoms with E-state index in [0.717, 1.165) is 12.8 Å². The summed E-state index contributed by atoms with van der Waals surface area (Å²) in [6, 6.07) is 10.0. The number of hydrogen-bond acceptors (Lipinski definition) is 6. The summed E-state index contributed by atoms with van der Waals surface area (Å²) < 4.78 is 4.81. The number of benzene rings is 1. The van der Waals surface area contributed by atoms with Crippen LogP contribution in [-0.2, 0) is 19.1 Å². The topological polar surface area (TPSA) is 141 Å². The number of carbonyl (C=O) groups excluding carboxylic acids is 1. The first-order valence-corrected chi connectivity index (χ1v) is 10.3. The number of carbonyl (C=O) groups is 3. The summed E-state index contributed by atoms with van der Waals surface area (Å²) in [5.41, 5.74) is 1.99. The summed E-state index contributed by atoms with van der Waals surface area (Å²) in [5, 5.41) is 31.0. The molecule has 0 aliphatic rings. The Labute approximate surface area is 203 Å². The van der Waals surface area contributed by atoms with E-state index in [1.54, 1.807) is 6.92 Å². The van der Waals surface area contributed by atoms with E-state index in [4.69, 9.17) is 25.2 Å². The molecule has 0 fully saturated rings. The molecule has 0 atom stereocenters. The van der Waals surface area contributed by atoms with Gasteiger partial charge in [-0.1, -0.05) is 76.1 Å². The minimum absolute atomic E-state index is 0.125. The molecule has 0 unspecified atom stereocenters. The molecule has 0 aliphatic heterocycles. The molecule has 8 heteroatoms. The third-order valence-electron chi connectivity index (χ3n) is 2.94. The molecule has 0 spiro atoms. The van der Waals surface area contributed by atoms with Gasteiger partial charge in [-0.25, -0.2) is 14.4 Å². The third-order valence-corrected chi connectivity index (χ3v) is 2.94.